The summed E-state index contributed by atoms with van der Waals surface area (Å²) in [5.41, 5.74) is 4.14. The Balaban J connectivity index is 2.25. The number of H-pyrrole nitrogens is 1. The summed E-state index contributed by atoms with van der Waals surface area (Å²) in [6.45, 7) is 3.47. The molecule has 0 bridgehead atoms. The second-order valence-corrected chi connectivity index (χ2v) is 4.09. The van der Waals surface area contributed by atoms with Gasteiger partial charge in [0.05, 0.1) is 16.9 Å². The second-order valence-electron chi connectivity index (χ2n) is 4.09. The zero-order chi connectivity index (χ0) is 11.1. The van der Waals surface area contributed by atoms with Gasteiger partial charge in [0.2, 0.25) is 0 Å². The molecule has 0 saturated carbocycles. The summed E-state index contributed by atoms with van der Waals surface area (Å²) in [4.78, 5) is 11.7. The summed E-state index contributed by atoms with van der Waals surface area (Å²) < 4.78 is 1.90. The fourth-order valence-corrected chi connectivity index (χ4v) is 2.20. The molecule has 0 radical (unpaired) electrons. The molecule has 1 aromatic heterocycles. The van der Waals surface area contributed by atoms with Gasteiger partial charge >= 0.3 is 0 Å². The van der Waals surface area contributed by atoms with Crippen LogP contribution in [0.5, 0.6) is 0 Å². The zero-order valence-corrected chi connectivity index (χ0v) is 9.08. The van der Waals surface area contributed by atoms with E-state index in [0.717, 1.165) is 29.1 Å². The van der Waals surface area contributed by atoms with Gasteiger partial charge in [-0.3, -0.25) is 14.6 Å². The topological polar surface area (TPSA) is 49.8 Å². The molecule has 2 N–H and O–H groups in total. The quantitative estimate of drug-likeness (QED) is 0.747. The molecule has 4 heteroatoms. The Bertz CT molecular complexity index is 595. The maximum absolute atomic E-state index is 11.7. The first-order chi connectivity index (χ1) is 7.77. The number of rotatable bonds is 1. The highest BCUT2D eigenvalue weighted by Crippen LogP contribution is 2.18. The molecule has 4 nitrogen and oxygen atoms in total. The van der Waals surface area contributed by atoms with E-state index in [1.165, 1.54) is 0 Å². The zero-order valence-electron chi connectivity index (χ0n) is 9.08. The number of nitrogens with one attached hydrogen (secondary N) is 2. The lowest BCUT2D eigenvalue weighted by Gasteiger charge is -2.09. The van der Waals surface area contributed by atoms with Crippen LogP contribution in [0.1, 0.15) is 16.8 Å². The van der Waals surface area contributed by atoms with Gasteiger partial charge < -0.3 is 5.32 Å². The number of para-hydroxylation sites is 1. The van der Waals surface area contributed by atoms with Crippen molar-refractivity contribution in [3.63, 3.8) is 0 Å². The minimum Gasteiger partial charge on any atom is -0.307 e. The first-order valence-corrected chi connectivity index (χ1v) is 5.37. The minimum absolute atomic E-state index is 0.0169. The van der Waals surface area contributed by atoms with E-state index < -0.39 is 0 Å². The number of nitrogens with zero attached hydrogens (tertiary/aromatic N) is 1. The van der Waals surface area contributed by atoms with Crippen LogP contribution >= 0.6 is 0 Å². The molecule has 2 heterocycles. The largest absolute Gasteiger partial charge is 0.307 e. The molecular formula is C12H13N3O. The SMILES string of the molecule is Cc1ccccc1-n1[nH]c(=O)c2c1CNC2. The highest BCUT2D eigenvalue weighted by atomic mass is 16.1. The molecule has 16 heavy (non-hydrogen) atoms. The Morgan fingerprint density at radius 3 is 2.88 bits per heavy atom. The first kappa shape index (κ1) is 9.42. The van der Waals surface area contributed by atoms with Crippen LogP contribution in [0.15, 0.2) is 29.1 Å². The van der Waals surface area contributed by atoms with Gasteiger partial charge in [0.1, 0.15) is 0 Å². The molecule has 0 atom stereocenters. The molecule has 0 fully saturated rings. The third kappa shape index (κ3) is 1.23. The van der Waals surface area contributed by atoms with Gasteiger partial charge in [0, 0.05) is 13.1 Å². The van der Waals surface area contributed by atoms with E-state index in [9.17, 15) is 4.79 Å². The smallest absolute Gasteiger partial charge is 0.269 e. The average Bonchev–Trinajstić information content (AvgIpc) is 2.84. The molecule has 3 rings (SSSR count). The molecule has 82 valence electrons. The molecule has 0 unspecified atom stereocenters. The predicted molar refractivity (Wildman–Crippen MR) is 61.7 cm³/mol. The summed E-state index contributed by atoms with van der Waals surface area (Å²) in [6.07, 6.45) is 0. The van der Waals surface area contributed by atoms with Crippen molar-refractivity contribution in [2.45, 2.75) is 20.0 Å². The fraction of sp³-hybridized carbons (Fsp3) is 0.250. The van der Waals surface area contributed by atoms with Gasteiger partial charge in [-0.25, -0.2) is 0 Å². The van der Waals surface area contributed by atoms with Crippen LogP contribution in [0.25, 0.3) is 5.69 Å². The number of hydrogen-bond acceptors (Lipinski definition) is 2. The lowest BCUT2D eigenvalue weighted by molar-refractivity contribution is 0.703. The molecule has 1 aliphatic rings. The van der Waals surface area contributed by atoms with E-state index in [1.807, 2.05) is 35.9 Å². The van der Waals surface area contributed by atoms with Crippen LogP contribution in [0, 0.1) is 6.92 Å². The maximum atomic E-state index is 11.7. The van der Waals surface area contributed by atoms with Crippen LogP contribution in [-0.2, 0) is 13.1 Å². The lowest BCUT2D eigenvalue weighted by atomic mass is 10.2. The van der Waals surface area contributed by atoms with Gasteiger partial charge in [0.15, 0.2) is 0 Å². The average molecular weight is 215 g/mol. The van der Waals surface area contributed by atoms with Crippen molar-refractivity contribution in [2.75, 3.05) is 0 Å². The van der Waals surface area contributed by atoms with E-state index in [1.54, 1.807) is 0 Å². The summed E-state index contributed by atoms with van der Waals surface area (Å²) in [6, 6.07) is 8.04. The van der Waals surface area contributed by atoms with Crippen LogP contribution < -0.4 is 10.9 Å². The number of benzene rings is 1. The third-order valence-corrected chi connectivity index (χ3v) is 3.06. The fourth-order valence-electron chi connectivity index (χ4n) is 2.20. The van der Waals surface area contributed by atoms with Crippen LogP contribution in [0.4, 0.5) is 0 Å². The highest BCUT2D eigenvalue weighted by molar-refractivity contribution is 5.42. The predicted octanol–water partition coefficient (Wildman–Crippen LogP) is 1.08. The Morgan fingerprint density at radius 1 is 1.25 bits per heavy atom. The Kier molecular flexibility index (Phi) is 1.97. The minimum atomic E-state index is 0.0169. The summed E-state index contributed by atoms with van der Waals surface area (Å²) >= 11 is 0. The summed E-state index contributed by atoms with van der Waals surface area (Å²) in [5.74, 6) is 0. The second kappa shape index (κ2) is 3.35. The van der Waals surface area contributed by atoms with Crippen molar-refractivity contribution in [1.82, 2.24) is 15.1 Å². The molecule has 0 amide bonds. The maximum Gasteiger partial charge on any atom is 0.269 e. The molecule has 2 aromatic rings. The summed E-state index contributed by atoms with van der Waals surface area (Å²) in [5, 5.41) is 6.09. The normalized spacial score (nSPS) is 14.1. The Labute approximate surface area is 92.9 Å². The van der Waals surface area contributed by atoms with Crippen molar-refractivity contribution < 1.29 is 0 Å². The first-order valence-electron chi connectivity index (χ1n) is 5.37. The van der Waals surface area contributed by atoms with E-state index in [-0.39, 0.29) is 5.56 Å². The van der Waals surface area contributed by atoms with Crippen LogP contribution in [0.2, 0.25) is 0 Å². The van der Waals surface area contributed by atoms with Crippen LogP contribution in [0.3, 0.4) is 0 Å². The van der Waals surface area contributed by atoms with Crippen molar-refractivity contribution in [2.24, 2.45) is 0 Å². The number of aryl methyl sites for hydroxylation is 1. The van der Waals surface area contributed by atoms with Gasteiger partial charge in [-0.15, -0.1) is 0 Å². The molecule has 0 aliphatic carbocycles. The van der Waals surface area contributed by atoms with Crippen molar-refractivity contribution in [1.29, 1.82) is 0 Å². The third-order valence-electron chi connectivity index (χ3n) is 3.06. The number of fused-ring (bicyclic) bond motifs is 1. The van der Waals surface area contributed by atoms with Crippen LogP contribution in [-0.4, -0.2) is 9.78 Å². The van der Waals surface area contributed by atoms with Gasteiger partial charge in [0.25, 0.3) is 5.56 Å². The molecule has 0 spiro atoms. The number of aromatic nitrogens is 2. The standard InChI is InChI=1S/C12H13N3O/c1-8-4-2-3-5-10(8)15-11-7-13-6-9(11)12(16)14-15/h2-5,13H,6-7H2,1H3,(H,14,16). The molecule has 0 saturated heterocycles. The van der Waals surface area contributed by atoms with Crippen molar-refractivity contribution in [3.05, 3.63) is 51.4 Å². The highest BCUT2D eigenvalue weighted by Gasteiger charge is 2.20. The van der Waals surface area contributed by atoms with E-state index >= 15 is 0 Å². The Hall–Kier alpha value is -1.81. The number of aromatic amines is 1. The molecule has 1 aliphatic heterocycles. The molecule has 1 aromatic carbocycles. The van der Waals surface area contributed by atoms with E-state index in [2.05, 4.69) is 10.4 Å². The van der Waals surface area contributed by atoms with E-state index in [0.29, 0.717) is 6.54 Å². The van der Waals surface area contributed by atoms with E-state index in [4.69, 9.17) is 0 Å². The van der Waals surface area contributed by atoms with Gasteiger partial charge in [-0.2, -0.15) is 0 Å². The van der Waals surface area contributed by atoms with Crippen molar-refractivity contribution in [3.8, 4) is 5.69 Å². The van der Waals surface area contributed by atoms with Gasteiger partial charge in [-0.05, 0) is 18.6 Å². The summed E-state index contributed by atoms with van der Waals surface area (Å²) in [7, 11) is 0. The molecular weight excluding hydrogens is 202 g/mol. The number of hydrogen-bond donors (Lipinski definition) is 2. The Morgan fingerprint density at radius 2 is 2.06 bits per heavy atom. The lowest BCUT2D eigenvalue weighted by Crippen LogP contribution is -2.14. The van der Waals surface area contributed by atoms with Crippen molar-refractivity contribution >= 4 is 0 Å². The monoisotopic (exact) mass is 215 g/mol. The van der Waals surface area contributed by atoms with Gasteiger partial charge in [-0.1, -0.05) is 18.2 Å².